The maximum absolute atomic E-state index is 12.8. The van der Waals surface area contributed by atoms with Crippen molar-refractivity contribution in [1.29, 1.82) is 0 Å². The molecule has 1 amide bonds. The molecule has 3 aromatic rings. The Morgan fingerprint density at radius 2 is 1.84 bits per heavy atom. The molecule has 0 radical (unpaired) electrons. The second-order valence-corrected chi connectivity index (χ2v) is 8.63. The van der Waals surface area contributed by atoms with Crippen molar-refractivity contribution in [3.8, 4) is 17.0 Å². The topological polar surface area (TPSA) is 61.5 Å². The zero-order valence-corrected chi connectivity index (χ0v) is 19.3. The monoisotopic (exact) mass is 482 g/mol. The van der Waals surface area contributed by atoms with Gasteiger partial charge in [-0.05, 0) is 48.2 Å². The fourth-order valence-corrected chi connectivity index (χ4v) is 4.11. The third-order valence-corrected chi connectivity index (χ3v) is 6.21. The van der Waals surface area contributed by atoms with Crippen LogP contribution in [0.2, 0.25) is 0 Å². The van der Waals surface area contributed by atoms with Gasteiger partial charge in [-0.15, -0.1) is 0 Å². The minimum atomic E-state index is 0.218. The zero-order chi connectivity index (χ0) is 21.6. The highest BCUT2D eigenvalue weighted by molar-refractivity contribution is 9.10. The van der Waals surface area contributed by atoms with Gasteiger partial charge in [0.2, 0.25) is 5.91 Å². The Bertz CT molecular complexity index is 1000. The number of nitrogens with one attached hydrogen (secondary N) is 1. The van der Waals surface area contributed by atoms with Crippen LogP contribution in [-0.4, -0.2) is 54.3 Å². The maximum atomic E-state index is 12.8. The third-order valence-electron chi connectivity index (χ3n) is 5.68. The molecule has 7 heteroatoms. The van der Waals surface area contributed by atoms with Crippen LogP contribution in [0.3, 0.4) is 0 Å². The van der Waals surface area contributed by atoms with E-state index in [0.717, 1.165) is 71.9 Å². The van der Waals surface area contributed by atoms with Crippen LogP contribution in [0.25, 0.3) is 11.3 Å². The highest BCUT2D eigenvalue weighted by Crippen LogP contribution is 2.24. The second-order valence-electron chi connectivity index (χ2n) is 7.72. The molecule has 31 heavy (non-hydrogen) atoms. The average molecular weight is 483 g/mol. The van der Waals surface area contributed by atoms with Gasteiger partial charge in [-0.1, -0.05) is 40.2 Å². The molecule has 0 spiro atoms. The first-order chi connectivity index (χ1) is 15.1. The lowest BCUT2D eigenvalue weighted by Crippen LogP contribution is -2.35. The standard InChI is InChI=1S/C24H27BrN4O2/c1-31-21-10-3-18(4-11-21)5-12-24(30)29-14-2-13-28(15-16-29)23-17-22(26-27-23)19-6-8-20(25)9-7-19/h3-4,6-11,17H,2,5,12-16H2,1H3,(H,26,27). The number of hydrogen-bond donors (Lipinski definition) is 1. The molecule has 2 heterocycles. The van der Waals surface area contributed by atoms with Crippen LogP contribution in [0.15, 0.2) is 59.1 Å². The van der Waals surface area contributed by atoms with Gasteiger partial charge in [0.25, 0.3) is 0 Å². The molecule has 1 aliphatic rings. The Labute approximate surface area is 191 Å². The van der Waals surface area contributed by atoms with E-state index in [1.165, 1.54) is 0 Å². The van der Waals surface area contributed by atoms with Gasteiger partial charge >= 0.3 is 0 Å². The van der Waals surface area contributed by atoms with Crippen LogP contribution < -0.4 is 9.64 Å². The van der Waals surface area contributed by atoms with Gasteiger partial charge < -0.3 is 14.5 Å². The molecule has 1 fully saturated rings. The van der Waals surface area contributed by atoms with E-state index in [9.17, 15) is 4.79 Å². The molecule has 0 saturated carbocycles. The molecule has 1 saturated heterocycles. The predicted molar refractivity (Wildman–Crippen MR) is 126 cm³/mol. The number of rotatable bonds is 6. The van der Waals surface area contributed by atoms with Crippen molar-refractivity contribution in [2.45, 2.75) is 19.3 Å². The fraction of sp³-hybridized carbons (Fsp3) is 0.333. The molecule has 1 aromatic heterocycles. The van der Waals surface area contributed by atoms with E-state index >= 15 is 0 Å². The zero-order valence-electron chi connectivity index (χ0n) is 17.7. The number of carbonyl (C=O) groups excluding carboxylic acids is 1. The van der Waals surface area contributed by atoms with E-state index in [-0.39, 0.29) is 5.91 Å². The van der Waals surface area contributed by atoms with E-state index < -0.39 is 0 Å². The number of carbonyl (C=O) groups is 1. The Hall–Kier alpha value is -2.80. The summed E-state index contributed by atoms with van der Waals surface area (Å²) >= 11 is 3.47. The van der Waals surface area contributed by atoms with Crippen LogP contribution in [0.4, 0.5) is 5.82 Å². The smallest absolute Gasteiger partial charge is 0.222 e. The van der Waals surface area contributed by atoms with Crippen molar-refractivity contribution < 1.29 is 9.53 Å². The summed E-state index contributed by atoms with van der Waals surface area (Å²) in [5.41, 5.74) is 3.26. The molecule has 0 atom stereocenters. The fourth-order valence-electron chi connectivity index (χ4n) is 3.85. The summed E-state index contributed by atoms with van der Waals surface area (Å²) in [6.45, 7) is 3.20. The number of amides is 1. The normalized spacial score (nSPS) is 14.4. The largest absolute Gasteiger partial charge is 0.497 e. The quantitative estimate of drug-likeness (QED) is 0.560. The second kappa shape index (κ2) is 10.0. The van der Waals surface area contributed by atoms with Crippen LogP contribution in [0.1, 0.15) is 18.4 Å². The average Bonchev–Trinajstić information content (AvgIpc) is 3.16. The molecule has 0 unspecified atom stereocenters. The Kier molecular flexibility index (Phi) is 6.92. The molecule has 1 aliphatic heterocycles. The summed E-state index contributed by atoms with van der Waals surface area (Å²) in [6, 6.07) is 18.2. The van der Waals surface area contributed by atoms with E-state index in [0.29, 0.717) is 6.42 Å². The molecule has 4 rings (SSSR count). The van der Waals surface area contributed by atoms with Gasteiger partial charge in [0.15, 0.2) is 5.82 Å². The van der Waals surface area contributed by atoms with Crippen molar-refractivity contribution in [3.05, 3.63) is 64.6 Å². The minimum absolute atomic E-state index is 0.218. The number of methoxy groups -OCH3 is 1. The summed E-state index contributed by atoms with van der Waals surface area (Å²) in [7, 11) is 1.66. The number of ether oxygens (including phenoxy) is 1. The van der Waals surface area contributed by atoms with Gasteiger partial charge in [-0.25, -0.2) is 0 Å². The first-order valence-corrected chi connectivity index (χ1v) is 11.4. The highest BCUT2D eigenvalue weighted by Gasteiger charge is 2.20. The maximum Gasteiger partial charge on any atom is 0.222 e. The van der Waals surface area contributed by atoms with Crippen molar-refractivity contribution in [3.63, 3.8) is 0 Å². The van der Waals surface area contributed by atoms with Crippen LogP contribution >= 0.6 is 15.9 Å². The summed E-state index contributed by atoms with van der Waals surface area (Å²) in [4.78, 5) is 17.0. The number of halogens is 1. The van der Waals surface area contributed by atoms with E-state index in [1.807, 2.05) is 41.3 Å². The number of nitrogens with zero attached hydrogens (tertiary/aromatic N) is 3. The number of aromatic nitrogens is 2. The summed E-state index contributed by atoms with van der Waals surface area (Å²) in [6.07, 6.45) is 2.22. The SMILES string of the molecule is COc1ccc(CCC(=O)N2CCCN(c3cc(-c4ccc(Br)cc4)[nH]n3)CC2)cc1. The van der Waals surface area contributed by atoms with Gasteiger partial charge in [-0.3, -0.25) is 9.89 Å². The van der Waals surface area contributed by atoms with Crippen LogP contribution in [0, 0.1) is 0 Å². The lowest BCUT2D eigenvalue weighted by Gasteiger charge is -2.22. The van der Waals surface area contributed by atoms with E-state index in [4.69, 9.17) is 4.74 Å². The van der Waals surface area contributed by atoms with Crippen molar-refractivity contribution in [2.24, 2.45) is 0 Å². The number of anilines is 1. The molecule has 6 nitrogen and oxygen atoms in total. The van der Waals surface area contributed by atoms with Gasteiger partial charge in [0.05, 0.1) is 12.8 Å². The predicted octanol–water partition coefficient (Wildman–Crippen LogP) is 4.52. The van der Waals surface area contributed by atoms with Crippen molar-refractivity contribution in [2.75, 3.05) is 38.2 Å². The lowest BCUT2D eigenvalue weighted by molar-refractivity contribution is -0.130. The van der Waals surface area contributed by atoms with Gasteiger partial charge in [-0.2, -0.15) is 5.10 Å². The number of aryl methyl sites for hydroxylation is 1. The van der Waals surface area contributed by atoms with Crippen molar-refractivity contribution >= 4 is 27.7 Å². The molecule has 1 N–H and O–H groups in total. The number of aromatic amines is 1. The highest BCUT2D eigenvalue weighted by atomic mass is 79.9. The third kappa shape index (κ3) is 5.47. The Balaban J connectivity index is 1.31. The molecule has 0 bridgehead atoms. The molecule has 162 valence electrons. The minimum Gasteiger partial charge on any atom is -0.497 e. The van der Waals surface area contributed by atoms with E-state index in [1.54, 1.807) is 7.11 Å². The summed E-state index contributed by atoms with van der Waals surface area (Å²) in [5, 5.41) is 7.66. The molecule has 0 aliphatic carbocycles. The molecular weight excluding hydrogens is 456 g/mol. The van der Waals surface area contributed by atoms with Gasteiger partial charge in [0.1, 0.15) is 5.75 Å². The molecular formula is C24H27BrN4O2. The Morgan fingerprint density at radius 1 is 1.06 bits per heavy atom. The Morgan fingerprint density at radius 3 is 2.58 bits per heavy atom. The van der Waals surface area contributed by atoms with Crippen LogP contribution in [0.5, 0.6) is 5.75 Å². The van der Waals surface area contributed by atoms with Crippen molar-refractivity contribution in [1.82, 2.24) is 15.1 Å². The van der Waals surface area contributed by atoms with Crippen LogP contribution in [-0.2, 0) is 11.2 Å². The summed E-state index contributed by atoms with van der Waals surface area (Å²) in [5.74, 6) is 1.99. The molecule has 2 aromatic carbocycles. The van der Waals surface area contributed by atoms with Gasteiger partial charge in [0, 0.05) is 43.1 Å². The lowest BCUT2D eigenvalue weighted by atomic mass is 10.1. The first kappa shape index (κ1) is 21.4. The first-order valence-electron chi connectivity index (χ1n) is 10.6. The van der Waals surface area contributed by atoms with E-state index in [2.05, 4.69) is 49.2 Å². The summed E-state index contributed by atoms with van der Waals surface area (Å²) < 4.78 is 6.25. The number of benzene rings is 2. The number of H-pyrrole nitrogens is 1. The number of hydrogen-bond acceptors (Lipinski definition) is 4.